The van der Waals surface area contributed by atoms with E-state index in [1.807, 2.05) is 31.2 Å². The van der Waals surface area contributed by atoms with Crippen molar-refractivity contribution in [1.82, 2.24) is 4.90 Å². The fraction of sp³-hybridized carbons (Fsp3) is 0.190. The minimum Gasteiger partial charge on any atom is -0.503 e. The fourth-order valence-electron chi connectivity index (χ4n) is 3.39. The fourth-order valence-corrected chi connectivity index (χ4v) is 3.39. The van der Waals surface area contributed by atoms with Crippen molar-refractivity contribution in [3.05, 3.63) is 77.1 Å². The van der Waals surface area contributed by atoms with Crippen LogP contribution in [0.3, 0.4) is 0 Å². The lowest BCUT2D eigenvalue weighted by atomic mass is 9.82. The molecule has 7 heteroatoms. The number of carbonyl (C=O) groups excluding carboxylic acids is 3. The first-order valence-corrected chi connectivity index (χ1v) is 8.62. The van der Waals surface area contributed by atoms with Gasteiger partial charge in [0.1, 0.15) is 11.1 Å². The van der Waals surface area contributed by atoms with Gasteiger partial charge < -0.3 is 15.2 Å². The Morgan fingerprint density at radius 2 is 1.82 bits per heavy atom. The molecule has 0 spiro atoms. The number of anilines is 1. The summed E-state index contributed by atoms with van der Waals surface area (Å²) in [4.78, 5) is 37.8. The van der Waals surface area contributed by atoms with Gasteiger partial charge in [0.15, 0.2) is 5.76 Å². The molecule has 0 bridgehead atoms. The van der Waals surface area contributed by atoms with Gasteiger partial charge in [0.05, 0.1) is 7.11 Å². The second-order valence-corrected chi connectivity index (χ2v) is 6.44. The zero-order valence-electron chi connectivity index (χ0n) is 15.5. The van der Waals surface area contributed by atoms with Gasteiger partial charge in [0.2, 0.25) is 6.41 Å². The molecule has 2 aromatic carbocycles. The Morgan fingerprint density at radius 3 is 2.39 bits per heavy atom. The van der Waals surface area contributed by atoms with E-state index in [2.05, 4.69) is 5.32 Å². The van der Waals surface area contributed by atoms with Crippen molar-refractivity contribution in [3.63, 3.8) is 0 Å². The molecule has 0 aliphatic carbocycles. The molecule has 1 atom stereocenters. The molecular formula is C21H20N2O5. The number of ether oxygens (including phenoxy) is 1. The molecule has 28 heavy (non-hydrogen) atoms. The highest BCUT2D eigenvalue weighted by atomic mass is 16.5. The first kappa shape index (κ1) is 19.2. The first-order chi connectivity index (χ1) is 13.5. The smallest absolute Gasteiger partial charge is 0.340 e. The zero-order chi connectivity index (χ0) is 20.3. The van der Waals surface area contributed by atoms with Crippen LogP contribution in [0, 0.1) is 6.92 Å². The van der Waals surface area contributed by atoms with E-state index in [4.69, 9.17) is 4.74 Å². The summed E-state index contributed by atoms with van der Waals surface area (Å²) in [5.74, 6) is -2.64. The Balaban J connectivity index is 2.16. The lowest BCUT2D eigenvalue weighted by Gasteiger charge is -2.37. The second kappa shape index (κ2) is 7.56. The van der Waals surface area contributed by atoms with Crippen LogP contribution < -0.4 is 5.32 Å². The van der Waals surface area contributed by atoms with Crippen LogP contribution in [0.2, 0.25) is 0 Å². The van der Waals surface area contributed by atoms with Crippen LogP contribution in [0.5, 0.6) is 0 Å². The summed E-state index contributed by atoms with van der Waals surface area (Å²) >= 11 is 0. The Kier molecular flexibility index (Phi) is 5.17. The van der Waals surface area contributed by atoms with Crippen LogP contribution in [0.25, 0.3) is 0 Å². The van der Waals surface area contributed by atoms with Gasteiger partial charge in [-0.05, 0) is 24.6 Å². The molecule has 2 amide bonds. The first-order valence-electron chi connectivity index (χ1n) is 8.62. The molecule has 144 valence electrons. The number of amides is 2. The summed E-state index contributed by atoms with van der Waals surface area (Å²) in [6.07, 6.45) is 0.318. The van der Waals surface area contributed by atoms with E-state index in [0.29, 0.717) is 12.0 Å². The van der Waals surface area contributed by atoms with Crippen molar-refractivity contribution in [3.8, 4) is 0 Å². The van der Waals surface area contributed by atoms with Crippen molar-refractivity contribution in [2.24, 2.45) is 0 Å². The maximum absolute atomic E-state index is 12.6. The van der Waals surface area contributed by atoms with E-state index in [-0.39, 0.29) is 12.1 Å². The van der Waals surface area contributed by atoms with E-state index in [1.165, 1.54) is 0 Å². The summed E-state index contributed by atoms with van der Waals surface area (Å²) < 4.78 is 4.81. The monoisotopic (exact) mass is 380 g/mol. The predicted octanol–water partition coefficient (Wildman–Crippen LogP) is 2.29. The van der Waals surface area contributed by atoms with Crippen LogP contribution in [-0.2, 0) is 24.7 Å². The largest absolute Gasteiger partial charge is 0.503 e. The summed E-state index contributed by atoms with van der Waals surface area (Å²) in [6.45, 7) is 1.92. The quantitative estimate of drug-likeness (QED) is 0.590. The van der Waals surface area contributed by atoms with Gasteiger partial charge in [-0.3, -0.25) is 14.5 Å². The predicted molar refractivity (Wildman–Crippen MR) is 102 cm³/mol. The third-order valence-corrected chi connectivity index (χ3v) is 4.83. The van der Waals surface area contributed by atoms with Gasteiger partial charge >= 0.3 is 5.97 Å². The number of aliphatic hydroxyl groups is 1. The highest BCUT2D eigenvalue weighted by Gasteiger charge is 2.56. The summed E-state index contributed by atoms with van der Waals surface area (Å²) in [6, 6.07) is 16.1. The van der Waals surface area contributed by atoms with Crippen molar-refractivity contribution in [1.29, 1.82) is 0 Å². The van der Waals surface area contributed by atoms with E-state index in [0.717, 1.165) is 23.3 Å². The summed E-state index contributed by atoms with van der Waals surface area (Å²) in [5, 5.41) is 13.6. The van der Waals surface area contributed by atoms with Crippen molar-refractivity contribution >= 4 is 24.0 Å². The number of nitrogens with one attached hydrogen (secondary N) is 1. The third kappa shape index (κ3) is 3.00. The molecule has 7 nitrogen and oxygen atoms in total. The summed E-state index contributed by atoms with van der Waals surface area (Å²) in [5.41, 5.74) is 0.455. The van der Waals surface area contributed by atoms with Gasteiger partial charge in [-0.2, -0.15) is 0 Å². The van der Waals surface area contributed by atoms with Crippen LogP contribution >= 0.6 is 0 Å². The van der Waals surface area contributed by atoms with Gasteiger partial charge in [0, 0.05) is 12.2 Å². The van der Waals surface area contributed by atoms with Crippen molar-refractivity contribution in [2.75, 3.05) is 19.0 Å². The number of nitrogens with zero attached hydrogens (tertiary/aromatic N) is 1. The maximum atomic E-state index is 12.6. The van der Waals surface area contributed by atoms with E-state index >= 15 is 0 Å². The number of rotatable bonds is 6. The molecule has 0 unspecified atom stereocenters. The number of benzene rings is 2. The number of hydrogen-bond acceptors (Lipinski definition) is 6. The van der Waals surface area contributed by atoms with Crippen LogP contribution in [0.1, 0.15) is 11.1 Å². The highest BCUT2D eigenvalue weighted by Crippen LogP contribution is 2.43. The van der Waals surface area contributed by atoms with Gasteiger partial charge in [-0.15, -0.1) is 0 Å². The highest BCUT2D eigenvalue weighted by molar-refractivity contribution is 6.11. The lowest BCUT2D eigenvalue weighted by molar-refractivity contribution is -0.141. The average Bonchev–Trinajstić information content (AvgIpc) is 2.94. The standard InChI is InChI=1S/C21H20N2O5/c1-14-8-10-16(11-9-14)22-12-21(15-6-4-3-5-7-15)17(20(27)28-2)18(25)19(26)23(21)13-24/h3-11,13,22,25H,12H2,1-2H3/t21-/m0/s1. The molecule has 1 aliphatic rings. The molecule has 0 fully saturated rings. The molecule has 2 aromatic rings. The Labute approximate surface area is 162 Å². The average molecular weight is 380 g/mol. The van der Waals surface area contributed by atoms with E-state index in [1.54, 1.807) is 30.3 Å². The molecule has 1 aliphatic heterocycles. The minimum atomic E-state index is -1.55. The number of aryl methyl sites for hydroxylation is 1. The topological polar surface area (TPSA) is 95.9 Å². The van der Waals surface area contributed by atoms with E-state index in [9.17, 15) is 19.5 Å². The van der Waals surface area contributed by atoms with E-state index < -0.39 is 23.2 Å². The number of esters is 1. The molecule has 3 rings (SSSR count). The summed E-state index contributed by atoms with van der Waals surface area (Å²) in [7, 11) is 1.15. The molecule has 0 aromatic heterocycles. The van der Waals surface area contributed by atoms with Crippen LogP contribution in [0.15, 0.2) is 65.9 Å². The molecule has 0 saturated heterocycles. The molecule has 1 heterocycles. The lowest BCUT2D eigenvalue weighted by Crippen LogP contribution is -2.51. The zero-order valence-corrected chi connectivity index (χ0v) is 15.5. The maximum Gasteiger partial charge on any atom is 0.340 e. The number of methoxy groups -OCH3 is 1. The molecule has 0 saturated carbocycles. The number of hydrogen-bond donors (Lipinski definition) is 2. The molecule has 2 N–H and O–H groups in total. The van der Waals surface area contributed by atoms with Crippen molar-refractivity contribution in [2.45, 2.75) is 12.5 Å². The van der Waals surface area contributed by atoms with Crippen LogP contribution in [0.4, 0.5) is 5.69 Å². The molecular weight excluding hydrogens is 360 g/mol. The number of imide groups is 1. The second-order valence-electron chi connectivity index (χ2n) is 6.44. The van der Waals surface area contributed by atoms with Gasteiger partial charge in [0.25, 0.3) is 5.91 Å². The Hall–Kier alpha value is -3.61. The van der Waals surface area contributed by atoms with Crippen molar-refractivity contribution < 1.29 is 24.2 Å². The van der Waals surface area contributed by atoms with Crippen LogP contribution in [-0.4, -0.2) is 41.9 Å². The Morgan fingerprint density at radius 1 is 1.18 bits per heavy atom. The normalized spacial score (nSPS) is 18.9. The van der Waals surface area contributed by atoms with Gasteiger partial charge in [-0.1, -0.05) is 48.0 Å². The molecule has 0 radical (unpaired) electrons. The third-order valence-electron chi connectivity index (χ3n) is 4.83. The number of carbonyl (C=O) groups is 3. The van der Waals surface area contributed by atoms with Gasteiger partial charge in [-0.25, -0.2) is 4.79 Å². The Bertz CT molecular complexity index is 937. The number of aliphatic hydroxyl groups excluding tert-OH is 1. The minimum absolute atomic E-state index is 0.0287. The SMILES string of the molecule is COC(=O)C1=C(O)C(=O)N(C=O)[C@@]1(CNc1ccc(C)cc1)c1ccccc1.